The van der Waals surface area contributed by atoms with Crippen molar-refractivity contribution < 1.29 is 9.53 Å². The standard InChI is InChI=1S/C18H25N3O2/c1-4-5-21-11-14(7-16(19)18(22)23-3)15-6-12-9-20(2)10-13(12)8-17(15)21/h6,8,11,16H,4-5,7,9-10,19H2,1-3H3. The molecule has 0 radical (unpaired) electrons. The molecule has 0 fully saturated rings. The fourth-order valence-corrected chi connectivity index (χ4v) is 3.49. The quantitative estimate of drug-likeness (QED) is 0.858. The SMILES string of the molecule is CCCn1cc(CC(N)C(=O)OC)c2cc3c(cc21)CN(C)C3. The Morgan fingerprint density at radius 3 is 2.70 bits per heavy atom. The molecular formula is C18H25N3O2. The van der Waals surface area contributed by atoms with E-state index in [1.165, 1.54) is 29.1 Å². The second-order valence-electron chi connectivity index (χ2n) is 6.49. The zero-order chi connectivity index (χ0) is 16.6. The highest BCUT2D eigenvalue weighted by Crippen LogP contribution is 2.31. The van der Waals surface area contributed by atoms with Crippen LogP contribution in [0.2, 0.25) is 0 Å². The summed E-state index contributed by atoms with van der Waals surface area (Å²) in [7, 11) is 3.52. The van der Waals surface area contributed by atoms with Crippen molar-refractivity contribution in [3.63, 3.8) is 0 Å². The number of methoxy groups -OCH3 is 1. The lowest BCUT2D eigenvalue weighted by Gasteiger charge is -2.08. The van der Waals surface area contributed by atoms with Crippen LogP contribution in [0.3, 0.4) is 0 Å². The van der Waals surface area contributed by atoms with Crippen LogP contribution in [0, 0.1) is 0 Å². The lowest BCUT2D eigenvalue weighted by atomic mass is 10.0. The van der Waals surface area contributed by atoms with Crippen LogP contribution < -0.4 is 5.73 Å². The van der Waals surface area contributed by atoms with E-state index in [9.17, 15) is 4.79 Å². The van der Waals surface area contributed by atoms with Gasteiger partial charge < -0.3 is 15.0 Å². The van der Waals surface area contributed by atoms with E-state index in [1.807, 2.05) is 0 Å². The highest BCUT2D eigenvalue weighted by molar-refractivity contribution is 5.87. The molecule has 1 aromatic heterocycles. The number of nitrogens with two attached hydrogens (primary N) is 1. The third kappa shape index (κ3) is 2.99. The first-order valence-corrected chi connectivity index (χ1v) is 8.19. The minimum absolute atomic E-state index is 0.359. The fraction of sp³-hybridized carbons (Fsp3) is 0.500. The average molecular weight is 315 g/mol. The molecule has 3 rings (SSSR count). The molecule has 1 unspecified atom stereocenters. The van der Waals surface area contributed by atoms with Crippen LogP contribution >= 0.6 is 0 Å². The van der Waals surface area contributed by atoms with Gasteiger partial charge in [-0.25, -0.2) is 0 Å². The molecular weight excluding hydrogens is 290 g/mol. The van der Waals surface area contributed by atoms with Gasteiger partial charge in [-0.3, -0.25) is 9.69 Å². The zero-order valence-corrected chi connectivity index (χ0v) is 14.1. The largest absolute Gasteiger partial charge is 0.468 e. The molecule has 1 aliphatic rings. The number of benzene rings is 1. The predicted octanol–water partition coefficient (Wildman–Crippen LogP) is 2.04. The summed E-state index contributed by atoms with van der Waals surface area (Å²) in [5.74, 6) is -0.359. The van der Waals surface area contributed by atoms with Crippen molar-refractivity contribution in [1.29, 1.82) is 0 Å². The smallest absolute Gasteiger partial charge is 0.322 e. The van der Waals surface area contributed by atoms with Gasteiger partial charge in [0.05, 0.1) is 7.11 Å². The molecule has 0 amide bonds. The molecule has 0 saturated heterocycles. The molecule has 2 aromatic rings. The lowest BCUT2D eigenvalue weighted by Crippen LogP contribution is -2.33. The number of ether oxygens (including phenoxy) is 1. The molecule has 2 N–H and O–H groups in total. The van der Waals surface area contributed by atoms with E-state index >= 15 is 0 Å². The number of hydrogen-bond donors (Lipinski definition) is 1. The maximum Gasteiger partial charge on any atom is 0.322 e. The number of aryl methyl sites for hydroxylation is 1. The average Bonchev–Trinajstić information content (AvgIpc) is 3.04. The van der Waals surface area contributed by atoms with E-state index in [1.54, 1.807) is 0 Å². The van der Waals surface area contributed by atoms with E-state index in [-0.39, 0.29) is 5.97 Å². The van der Waals surface area contributed by atoms with Gasteiger partial charge in [-0.2, -0.15) is 0 Å². The van der Waals surface area contributed by atoms with Crippen molar-refractivity contribution in [2.75, 3.05) is 14.2 Å². The molecule has 1 aromatic carbocycles. The Morgan fingerprint density at radius 2 is 2.04 bits per heavy atom. The number of esters is 1. The van der Waals surface area contributed by atoms with Crippen LogP contribution in [-0.2, 0) is 35.6 Å². The highest BCUT2D eigenvalue weighted by Gasteiger charge is 2.21. The first-order valence-electron chi connectivity index (χ1n) is 8.19. The number of carbonyl (C=O) groups excluding carboxylic acids is 1. The van der Waals surface area contributed by atoms with Crippen molar-refractivity contribution in [1.82, 2.24) is 9.47 Å². The summed E-state index contributed by atoms with van der Waals surface area (Å²) in [5.41, 5.74) is 11.1. The Labute approximate surface area is 137 Å². The normalized spacial score (nSPS) is 15.8. The number of fused-ring (bicyclic) bond motifs is 2. The van der Waals surface area contributed by atoms with Crippen molar-refractivity contribution in [2.45, 2.75) is 45.4 Å². The van der Waals surface area contributed by atoms with Gasteiger partial charge >= 0.3 is 5.97 Å². The van der Waals surface area contributed by atoms with Crippen molar-refractivity contribution in [3.05, 3.63) is 35.0 Å². The summed E-state index contributed by atoms with van der Waals surface area (Å²) in [6.45, 7) is 5.12. The summed E-state index contributed by atoms with van der Waals surface area (Å²) in [4.78, 5) is 14.0. The van der Waals surface area contributed by atoms with Crippen LogP contribution in [0.1, 0.15) is 30.0 Å². The number of nitrogens with zero attached hydrogens (tertiary/aromatic N) is 2. The monoisotopic (exact) mass is 315 g/mol. The summed E-state index contributed by atoms with van der Waals surface area (Å²) in [5, 5.41) is 1.21. The third-order valence-electron chi connectivity index (χ3n) is 4.57. The first kappa shape index (κ1) is 16.0. The van der Waals surface area contributed by atoms with E-state index in [0.717, 1.165) is 31.6 Å². The maximum atomic E-state index is 11.7. The minimum Gasteiger partial charge on any atom is -0.468 e. The van der Waals surface area contributed by atoms with E-state index in [0.29, 0.717) is 6.42 Å². The molecule has 0 bridgehead atoms. The second-order valence-corrected chi connectivity index (χ2v) is 6.49. The van der Waals surface area contributed by atoms with Gasteiger partial charge in [-0.1, -0.05) is 6.92 Å². The van der Waals surface area contributed by atoms with Crippen LogP contribution in [0.15, 0.2) is 18.3 Å². The number of hydrogen-bond acceptors (Lipinski definition) is 4. The topological polar surface area (TPSA) is 60.5 Å². The Morgan fingerprint density at radius 1 is 1.35 bits per heavy atom. The molecule has 1 aliphatic heterocycles. The van der Waals surface area contributed by atoms with Gasteiger partial charge in [0, 0.05) is 43.2 Å². The van der Waals surface area contributed by atoms with Crippen LogP contribution in [0.25, 0.3) is 10.9 Å². The fourth-order valence-electron chi connectivity index (χ4n) is 3.49. The summed E-state index contributed by atoms with van der Waals surface area (Å²) >= 11 is 0. The lowest BCUT2D eigenvalue weighted by molar-refractivity contribution is -0.142. The van der Waals surface area contributed by atoms with E-state index in [2.05, 4.69) is 41.8 Å². The molecule has 0 saturated carbocycles. The van der Waals surface area contributed by atoms with Crippen molar-refractivity contribution in [2.24, 2.45) is 5.73 Å². The van der Waals surface area contributed by atoms with Gasteiger partial charge in [-0.05, 0) is 42.3 Å². The highest BCUT2D eigenvalue weighted by atomic mass is 16.5. The zero-order valence-electron chi connectivity index (χ0n) is 14.1. The van der Waals surface area contributed by atoms with Crippen molar-refractivity contribution in [3.8, 4) is 0 Å². The molecule has 5 nitrogen and oxygen atoms in total. The summed E-state index contributed by atoms with van der Waals surface area (Å²) in [6, 6.07) is 3.97. The Hall–Kier alpha value is -1.85. The maximum absolute atomic E-state index is 11.7. The molecule has 23 heavy (non-hydrogen) atoms. The molecule has 1 atom stereocenters. The van der Waals surface area contributed by atoms with Gasteiger partial charge in [0.25, 0.3) is 0 Å². The number of aromatic nitrogens is 1. The van der Waals surface area contributed by atoms with Gasteiger partial charge in [0.1, 0.15) is 6.04 Å². The Bertz CT molecular complexity index is 735. The molecule has 0 aliphatic carbocycles. The predicted molar refractivity (Wildman–Crippen MR) is 91.1 cm³/mol. The van der Waals surface area contributed by atoms with Gasteiger partial charge in [-0.15, -0.1) is 0 Å². The molecule has 0 spiro atoms. The van der Waals surface area contributed by atoms with Gasteiger partial charge in [0.2, 0.25) is 0 Å². The van der Waals surface area contributed by atoms with Gasteiger partial charge in [0.15, 0.2) is 0 Å². The molecule has 124 valence electrons. The first-order chi connectivity index (χ1) is 11.0. The number of carbonyl (C=O) groups is 1. The van der Waals surface area contributed by atoms with Crippen LogP contribution in [-0.4, -0.2) is 35.6 Å². The molecule has 2 heterocycles. The minimum atomic E-state index is -0.614. The third-order valence-corrected chi connectivity index (χ3v) is 4.57. The summed E-state index contributed by atoms with van der Waals surface area (Å²) in [6.07, 6.45) is 3.73. The van der Waals surface area contributed by atoms with Crippen LogP contribution in [0.4, 0.5) is 0 Å². The summed E-state index contributed by atoms with van der Waals surface area (Å²) < 4.78 is 7.05. The second kappa shape index (κ2) is 6.34. The Balaban J connectivity index is 2.04. The van der Waals surface area contributed by atoms with Crippen LogP contribution in [0.5, 0.6) is 0 Å². The molecule has 5 heteroatoms. The van der Waals surface area contributed by atoms with E-state index in [4.69, 9.17) is 10.5 Å². The number of rotatable bonds is 5. The Kier molecular flexibility index (Phi) is 4.41. The van der Waals surface area contributed by atoms with E-state index < -0.39 is 6.04 Å². The van der Waals surface area contributed by atoms with Crippen molar-refractivity contribution >= 4 is 16.9 Å².